The Bertz CT molecular complexity index is 1220. The van der Waals surface area contributed by atoms with Gasteiger partial charge in [-0.25, -0.2) is 0 Å². The number of amidine groups is 1. The molecule has 1 N–H and O–H groups in total. The zero-order chi connectivity index (χ0) is 22.8. The molecule has 1 aliphatic heterocycles. The number of aryl methyl sites for hydroxylation is 1. The third kappa shape index (κ3) is 4.86. The van der Waals surface area contributed by atoms with E-state index in [2.05, 4.69) is 9.71 Å². The number of sulfonamides is 1. The van der Waals surface area contributed by atoms with Gasteiger partial charge in [0.1, 0.15) is 0 Å². The number of nitrogens with zero attached hydrogens (tertiary/aromatic N) is 2. The van der Waals surface area contributed by atoms with Crippen molar-refractivity contribution >= 4 is 44.6 Å². The SMILES string of the molecule is COc1cc(/C=C2\S/C(=N\S(=O)(=O)c3ccc(C)cc3)NC2=O)c([N+](=O)[O-])cc1OC. The molecule has 3 rings (SSSR count). The highest BCUT2D eigenvalue weighted by Crippen LogP contribution is 2.37. The summed E-state index contributed by atoms with van der Waals surface area (Å²) in [5.41, 5.74) is 0.663. The van der Waals surface area contributed by atoms with E-state index >= 15 is 0 Å². The minimum absolute atomic E-state index is 0.0200. The van der Waals surface area contributed by atoms with Gasteiger partial charge in [0.25, 0.3) is 21.6 Å². The van der Waals surface area contributed by atoms with Gasteiger partial charge in [0, 0.05) is 0 Å². The van der Waals surface area contributed by atoms with E-state index in [1.807, 2.05) is 6.92 Å². The average molecular weight is 463 g/mol. The second-order valence-corrected chi connectivity index (χ2v) is 8.91. The molecule has 0 saturated carbocycles. The Kier molecular flexibility index (Phi) is 6.32. The van der Waals surface area contributed by atoms with Gasteiger partial charge in [-0.2, -0.15) is 8.42 Å². The molecule has 0 spiro atoms. The summed E-state index contributed by atoms with van der Waals surface area (Å²) in [7, 11) is -1.32. The van der Waals surface area contributed by atoms with Crippen LogP contribution in [-0.2, 0) is 14.8 Å². The monoisotopic (exact) mass is 463 g/mol. The van der Waals surface area contributed by atoms with Gasteiger partial charge >= 0.3 is 0 Å². The Labute approximate surface area is 182 Å². The number of nitro benzene ring substituents is 1. The molecule has 31 heavy (non-hydrogen) atoms. The van der Waals surface area contributed by atoms with Crippen molar-refractivity contribution in [3.63, 3.8) is 0 Å². The highest BCUT2D eigenvalue weighted by atomic mass is 32.2. The van der Waals surface area contributed by atoms with Gasteiger partial charge in [0.2, 0.25) is 0 Å². The molecule has 1 heterocycles. The molecule has 0 aromatic heterocycles. The van der Waals surface area contributed by atoms with Crippen LogP contribution in [0.5, 0.6) is 11.5 Å². The van der Waals surface area contributed by atoms with Crippen molar-refractivity contribution in [2.75, 3.05) is 14.2 Å². The number of nitro groups is 1. The first-order valence-electron chi connectivity index (χ1n) is 8.67. The Balaban J connectivity index is 1.97. The summed E-state index contributed by atoms with van der Waals surface area (Å²) in [6, 6.07) is 8.64. The number of hydrogen-bond acceptors (Lipinski definition) is 8. The van der Waals surface area contributed by atoms with E-state index in [1.54, 1.807) is 12.1 Å². The molecule has 0 atom stereocenters. The number of nitrogens with one attached hydrogen (secondary N) is 1. The Hall–Kier alpha value is -3.38. The smallest absolute Gasteiger partial charge is 0.284 e. The normalized spacial score (nSPS) is 16.4. The number of carbonyl (C=O) groups excluding carboxylic acids is 1. The number of methoxy groups -OCH3 is 2. The minimum atomic E-state index is -4.04. The molecule has 12 heteroatoms. The molecular formula is C19H17N3O7S2. The topological polar surface area (TPSA) is 137 Å². The maximum Gasteiger partial charge on any atom is 0.284 e. The first-order valence-corrected chi connectivity index (χ1v) is 10.9. The largest absolute Gasteiger partial charge is 0.493 e. The van der Waals surface area contributed by atoms with E-state index in [1.165, 1.54) is 44.6 Å². The van der Waals surface area contributed by atoms with Crippen molar-refractivity contribution < 1.29 is 27.6 Å². The number of amides is 1. The summed E-state index contributed by atoms with van der Waals surface area (Å²) in [5, 5.41) is 13.7. The van der Waals surface area contributed by atoms with Crippen LogP contribution in [0.15, 0.2) is 50.6 Å². The lowest BCUT2D eigenvalue weighted by Gasteiger charge is -2.08. The predicted molar refractivity (Wildman–Crippen MR) is 116 cm³/mol. The molecule has 162 valence electrons. The van der Waals surface area contributed by atoms with Crippen molar-refractivity contribution in [3.8, 4) is 11.5 Å². The number of carbonyl (C=O) groups is 1. The van der Waals surface area contributed by atoms with Crippen LogP contribution in [0.1, 0.15) is 11.1 Å². The molecule has 1 aliphatic rings. The van der Waals surface area contributed by atoms with Gasteiger partial charge in [-0.1, -0.05) is 17.7 Å². The van der Waals surface area contributed by atoms with E-state index in [9.17, 15) is 23.3 Å². The number of hydrogen-bond donors (Lipinski definition) is 1. The van der Waals surface area contributed by atoms with Crippen LogP contribution in [0.4, 0.5) is 5.69 Å². The second-order valence-electron chi connectivity index (χ2n) is 6.27. The van der Waals surface area contributed by atoms with Gasteiger partial charge in [0.05, 0.1) is 40.6 Å². The summed E-state index contributed by atoms with van der Waals surface area (Å²) in [4.78, 5) is 23.2. The van der Waals surface area contributed by atoms with Crippen molar-refractivity contribution in [2.24, 2.45) is 4.40 Å². The van der Waals surface area contributed by atoms with Crippen LogP contribution in [0, 0.1) is 17.0 Å². The molecule has 1 fully saturated rings. The van der Waals surface area contributed by atoms with Crippen molar-refractivity contribution in [3.05, 3.63) is 62.5 Å². The van der Waals surface area contributed by atoms with Crippen LogP contribution < -0.4 is 14.8 Å². The molecular weight excluding hydrogens is 446 g/mol. The van der Waals surface area contributed by atoms with Gasteiger partial charge < -0.3 is 9.47 Å². The summed E-state index contributed by atoms with van der Waals surface area (Å²) in [5.74, 6) is -0.238. The fourth-order valence-corrected chi connectivity index (χ4v) is 4.62. The fourth-order valence-electron chi connectivity index (χ4n) is 2.64. The first-order chi connectivity index (χ1) is 14.6. The van der Waals surface area contributed by atoms with Crippen LogP contribution >= 0.6 is 11.8 Å². The predicted octanol–water partition coefficient (Wildman–Crippen LogP) is 2.87. The van der Waals surface area contributed by atoms with E-state index < -0.39 is 20.9 Å². The van der Waals surface area contributed by atoms with E-state index in [-0.39, 0.29) is 37.7 Å². The lowest BCUT2D eigenvalue weighted by atomic mass is 10.1. The quantitative estimate of drug-likeness (QED) is 0.392. The van der Waals surface area contributed by atoms with Gasteiger partial charge in [-0.3, -0.25) is 20.2 Å². The third-order valence-electron chi connectivity index (χ3n) is 4.19. The van der Waals surface area contributed by atoms with Crippen molar-refractivity contribution in [1.29, 1.82) is 0 Å². The molecule has 0 radical (unpaired) electrons. The fraction of sp³-hybridized carbons (Fsp3) is 0.158. The molecule has 10 nitrogen and oxygen atoms in total. The average Bonchev–Trinajstić information content (AvgIpc) is 3.05. The van der Waals surface area contributed by atoms with Gasteiger partial charge in [-0.15, -0.1) is 4.40 Å². The van der Waals surface area contributed by atoms with Crippen LogP contribution in [0.3, 0.4) is 0 Å². The number of ether oxygens (including phenoxy) is 2. The first kappa shape index (κ1) is 22.3. The maximum absolute atomic E-state index is 12.5. The van der Waals surface area contributed by atoms with Crippen molar-refractivity contribution in [1.82, 2.24) is 5.32 Å². The molecule has 2 aromatic rings. The standard InChI is InChI=1S/C19H17N3O7S2/c1-11-4-6-13(7-5-11)31(26,27)21-19-20-18(23)17(30-19)9-12-8-15(28-2)16(29-3)10-14(12)22(24)25/h4-10H,1-3H3,(H,20,21,23)/b17-9-. The molecule has 0 unspecified atom stereocenters. The van der Waals surface area contributed by atoms with Gasteiger partial charge in [0.15, 0.2) is 16.7 Å². The lowest BCUT2D eigenvalue weighted by molar-refractivity contribution is -0.385. The maximum atomic E-state index is 12.5. The molecule has 1 saturated heterocycles. The van der Waals surface area contributed by atoms with Crippen LogP contribution in [-0.4, -0.2) is 38.6 Å². The van der Waals surface area contributed by atoms with Crippen LogP contribution in [0.2, 0.25) is 0 Å². The Morgan fingerprint density at radius 3 is 2.32 bits per heavy atom. The number of thioether (sulfide) groups is 1. The van der Waals surface area contributed by atoms with E-state index in [0.29, 0.717) is 0 Å². The van der Waals surface area contributed by atoms with Crippen molar-refractivity contribution in [2.45, 2.75) is 11.8 Å². The third-order valence-corrected chi connectivity index (χ3v) is 6.51. The Morgan fingerprint density at radius 2 is 1.74 bits per heavy atom. The Morgan fingerprint density at radius 1 is 1.13 bits per heavy atom. The lowest BCUT2D eigenvalue weighted by Crippen LogP contribution is -2.20. The highest BCUT2D eigenvalue weighted by Gasteiger charge is 2.28. The minimum Gasteiger partial charge on any atom is -0.493 e. The zero-order valence-electron chi connectivity index (χ0n) is 16.6. The second kappa shape index (κ2) is 8.78. The zero-order valence-corrected chi connectivity index (χ0v) is 18.2. The summed E-state index contributed by atoms with van der Waals surface area (Å²) < 4.78 is 38.9. The van der Waals surface area contributed by atoms with Gasteiger partial charge in [-0.05, 0) is 43.0 Å². The van der Waals surface area contributed by atoms with Crippen LogP contribution in [0.25, 0.3) is 6.08 Å². The molecule has 0 aliphatic carbocycles. The molecule has 1 amide bonds. The number of benzene rings is 2. The van der Waals surface area contributed by atoms with E-state index in [0.717, 1.165) is 17.3 Å². The summed E-state index contributed by atoms with van der Waals surface area (Å²) >= 11 is 0.759. The summed E-state index contributed by atoms with van der Waals surface area (Å²) in [6.07, 6.45) is 1.26. The number of rotatable bonds is 6. The summed E-state index contributed by atoms with van der Waals surface area (Å²) in [6.45, 7) is 1.82. The molecule has 0 bridgehead atoms. The van der Waals surface area contributed by atoms with E-state index in [4.69, 9.17) is 9.47 Å². The highest BCUT2D eigenvalue weighted by molar-refractivity contribution is 8.19. The molecule has 2 aromatic carbocycles.